The highest BCUT2D eigenvalue weighted by Crippen LogP contribution is 2.06. The van der Waals surface area contributed by atoms with Crippen LogP contribution in [0, 0.1) is 0 Å². The Morgan fingerprint density at radius 2 is 1.33 bits per heavy atom. The van der Waals surface area contributed by atoms with E-state index in [4.69, 9.17) is 8.85 Å². The fraction of sp³-hybridized carbons (Fsp3) is 1.00. The molecule has 1 radical (unpaired) electrons. The molecule has 0 saturated heterocycles. The zero-order valence-corrected chi connectivity index (χ0v) is 8.82. The Balaban J connectivity index is 3.79. The molecule has 0 aliphatic heterocycles. The largest absolute Gasteiger partial charge is 0.399 e. The summed E-state index contributed by atoms with van der Waals surface area (Å²) in [5, 5.41) is 0. The summed E-state index contributed by atoms with van der Waals surface area (Å²) in [5.41, 5.74) is 0. The average molecular weight is 163 g/mol. The predicted octanol–water partition coefficient (Wildman–Crippen LogP) is 1.18. The predicted molar refractivity (Wildman–Crippen MR) is 43.1 cm³/mol. The molecule has 55 valence electrons. The maximum atomic E-state index is 5.21. The maximum absolute atomic E-state index is 5.21. The molecular weight excluding hydrogens is 148 g/mol. The van der Waals surface area contributed by atoms with E-state index in [1.54, 1.807) is 14.2 Å². The summed E-state index contributed by atoms with van der Waals surface area (Å²) < 4.78 is 10.4. The van der Waals surface area contributed by atoms with Crippen LogP contribution in [0.3, 0.4) is 0 Å². The minimum atomic E-state index is -1.13. The molecule has 2 nitrogen and oxygen atoms in total. The van der Waals surface area contributed by atoms with Gasteiger partial charge in [-0.15, -0.1) is 0 Å². The van der Waals surface area contributed by atoms with Crippen molar-refractivity contribution in [3.05, 3.63) is 0 Å². The third kappa shape index (κ3) is 3.15. The quantitative estimate of drug-likeness (QED) is 0.582. The smallest absolute Gasteiger partial charge is 0.357 e. The van der Waals surface area contributed by atoms with Gasteiger partial charge in [0, 0.05) is 14.2 Å². The maximum Gasteiger partial charge on any atom is 0.357 e. The number of rotatable bonds is 3. The summed E-state index contributed by atoms with van der Waals surface area (Å²) in [5.74, 6) is 0. The van der Waals surface area contributed by atoms with E-state index in [2.05, 4.69) is 19.6 Å². The molecule has 0 heterocycles. The summed E-state index contributed by atoms with van der Waals surface area (Å²) in [6.07, 6.45) is 0. The van der Waals surface area contributed by atoms with Crippen LogP contribution in [-0.4, -0.2) is 30.6 Å². The van der Waals surface area contributed by atoms with Crippen molar-refractivity contribution in [3.8, 4) is 0 Å². The second-order valence-electron chi connectivity index (χ2n) is 2.95. The van der Waals surface area contributed by atoms with Gasteiger partial charge < -0.3 is 8.85 Å². The Morgan fingerprint density at radius 3 is 1.33 bits per heavy atom. The van der Waals surface area contributed by atoms with Crippen molar-refractivity contribution in [2.45, 2.75) is 19.6 Å². The van der Waals surface area contributed by atoms with E-state index in [1.165, 1.54) is 0 Å². The van der Waals surface area contributed by atoms with E-state index in [0.717, 1.165) is 0 Å². The first-order chi connectivity index (χ1) is 4.02. The van der Waals surface area contributed by atoms with Gasteiger partial charge in [-0.2, -0.15) is 0 Å². The van der Waals surface area contributed by atoms with Gasteiger partial charge in [-0.1, -0.05) is 19.6 Å². The summed E-state index contributed by atoms with van der Waals surface area (Å²) in [6.45, 7) is 6.77. The molecule has 0 aromatic rings. The monoisotopic (exact) mass is 163 g/mol. The van der Waals surface area contributed by atoms with E-state index in [0.29, 0.717) is 0 Å². The third-order valence-electron chi connectivity index (χ3n) is 0.983. The highest BCUT2D eigenvalue weighted by Gasteiger charge is 2.31. The minimum Gasteiger partial charge on any atom is -0.399 e. The Kier molecular flexibility index (Phi) is 3.64. The summed E-state index contributed by atoms with van der Waals surface area (Å²) >= 11 is 0. The molecule has 0 saturated carbocycles. The molecule has 0 unspecified atom stereocenters. The van der Waals surface area contributed by atoms with E-state index in [1.807, 2.05) is 0 Å². The summed E-state index contributed by atoms with van der Waals surface area (Å²) in [6, 6.07) is 0. The highest BCUT2D eigenvalue weighted by atomic mass is 29.2. The van der Waals surface area contributed by atoms with Crippen LogP contribution in [0.25, 0.3) is 0 Å². The first kappa shape index (κ1) is 9.35. The lowest BCUT2D eigenvalue weighted by atomic mass is 11.8. The molecule has 0 aliphatic rings. The van der Waals surface area contributed by atoms with Crippen LogP contribution in [0.15, 0.2) is 0 Å². The SMILES string of the molecule is CO[Si](OC)[Si](C)(C)C. The molecule has 0 aromatic carbocycles. The minimum absolute atomic E-state index is 0.900. The van der Waals surface area contributed by atoms with Crippen molar-refractivity contribution in [3.63, 3.8) is 0 Å². The van der Waals surface area contributed by atoms with E-state index >= 15 is 0 Å². The fourth-order valence-electron chi connectivity index (χ4n) is 0.696. The molecule has 0 rings (SSSR count). The van der Waals surface area contributed by atoms with Crippen molar-refractivity contribution in [1.29, 1.82) is 0 Å². The molecule has 0 amide bonds. The normalized spacial score (nSPS) is 12.7. The average Bonchev–Trinajstić information content (AvgIpc) is 1.65. The first-order valence-corrected chi connectivity index (χ1v) is 8.79. The van der Waals surface area contributed by atoms with E-state index in [-0.39, 0.29) is 0 Å². The van der Waals surface area contributed by atoms with Crippen molar-refractivity contribution in [2.24, 2.45) is 0 Å². The molecule has 0 atom stereocenters. The molecule has 0 aliphatic carbocycles. The second-order valence-corrected chi connectivity index (χ2v) is 14.6. The molecule has 0 aromatic heterocycles. The fourth-order valence-corrected chi connectivity index (χ4v) is 5.76. The Labute approximate surface area is 59.8 Å². The molecule has 9 heavy (non-hydrogen) atoms. The van der Waals surface area contributed by atoms with Gasteiger partial charge in [0.2, 0.25) is 0 Å². The molecule has 0 spiro atoms. The Bertz CT molecular complexity index is 75.5. The number of hydrogen-bond donors (Lipinski definition) is 0. The van der Waals surface area contributed by atoms with E-state index in [9.17, 15) is 0 Å². The highest BCUT2D eigenvalue weighted by molar-refractivity contribution is 7.26. The van der Waals surface area contributed by atoms with Gasteiger partial charge in [-0.05, 0) is 0 Å². The molecule has 0 fully saturated rings. The zero-order chi connectivity index (χ0) is 7.49. The van der Waals surface area contributed by atoms with Gasteiger partial charge in [0.1, 0.15) is 7.59 Å². The topological polar surface area (TPSA) is 18.5 Å². The molecule has 4 heteroatoms. The van der Waals surface area contributed by atoms with Crippen molar-refractivity contribution < 1.29 is 8.85 Å². The third-order valence-corrected chi connectivity index (χ3v) is 7.85. The van der Waals surface area contributed by atoms with Gasteiger partial charge in [-0.3, -0.25) is 0 Å². The van der Waals surface area contributed by atoms with Crippen LogP contribution in [0.1, 0.15) is 0 Å². The van der Waals surface area contributed by atoms with Gasteiger partial charge in [-0.25, -0.2) is 0 Å². The van der Waals surface area contributed by atoms with Gasteiger partial charge >= 0.3 is 8.80 Å². The van der Waals surface area contributed by atoms with E-state index < -0.39 is 16.4 Å². The first-order valence-electron chi connectivity index (χ1n) is 2.97. The standard InChI is InChI=1S/C5H15O2Si2/c1-6-8(7-2)9(3,4)5/h1-5H3. The molecule has 0 bridgehead atoms. The lowest BCUT2D eigenvalue weighted by molar-refractivity contribution is 0.296. The second kappa shape index (κ2) is 3.50. The molecule has 0 N–H and O–H groups in total. The van der Waals surface area contributed by atoms with Crippen molar-refractivity contribution >= 4 is 16.4 Å². The summed E-state index contributed by atoms with van der Waals surface area (Å²) in [4.78, 5) is 0. The van der Waals surface area contributed by atoms with Crippen LogP contribution in [0.2, 0.25) is 19.6 Å². The van der Waals surface area contributed by atoms with Gasteiger partial charge in [0.25, 0.3) is 0 Å². The van der Waals surface area contributed by atoms with Crippen LogP contribution in [0.5, 0.6) is 0 Å². The van der Waals surface area contributed by atoms with Crippen LogP contribution >= 0.6 is 0 Å². The van der Waals surface area contributed by atoms with Crippen molar-refractivity contribution in [1.82, 2.24) is 0 Å². The zero-order valence-electron chi connectivity index (χ0n) is 6.82. The van der Waals surface area contributed by atoms with Gasteiger partial charge in [0.15, 0.2) is 0 Å². The van der Waals surface area contributed by atoms with Crippen molar-refractivity contribution in [2.75, 3.05) is 14.2 Å². The van der Waals surface area contributed by atoms with Gasteiger partial charge in [0.05, 0.1) is 0 Å². The Morgan fingerprint density at radius 1 is 1.00 bits per heavy atom. The van der Waals surface area contributed by atoms with Crippen LogP contribution in [0.4, 0.5) is 0 Å². The Hall–Kier alpha value is 0.354. The lowest BCUT2D eigenvalue weighted by Gasteiger charge is -2.21. The van der Waals surface area contributed by atoms with Crippen LogP contribution in [-0.2, 0) is 8.85 Å². The molecular formula is C5H15O2Si2. The van der Waals surface area contributed by atoms with Crippen LogP contribution < -0.4 is 0 Å². The lowest BCUT2D eigenvalue weighted by Crippen LogP contribution is -2.46. The summed E-state index contributed by atoms with van der Waals surface area (Å²) in [7, 11) is 1.44. The number of hydrogen-bond acceptors (Lipinski definition) is 2.